The Balaban J connectivity index is 0.00000272. The summed E-state index contributed by atoms with van der Waals surface area (Å²) < 4.78 is 21.8. The van der Waals surface area contributed by atoms with Crippen LogP contribution in [-0.2, 0) is 12.8 Å². The van der Waals surface area contributed by atoms with Gasteiger partial charge < -0.3 is 23.8 Å². The first-order chi connectivity index (χ1) is 14.6. The van der Waals surface area contributed by atoms with E-state index in [1.165, 1.54) is 5.56 Å². The second-order valence-electron chi connectivity index (χ2n) is 7.01. The zero-order valence-corrected chi connectivity index (χ0v) is 19.1. The molecule has 3 aromatic rings. The molecule has 0 unspecified atom stereocenters. The number of ether oxygens (including phenoxy) is 4. The first kappa shape index (κ1) is 22.5. The summed E-state index contributed by atoms with van der Waals surface area (Å²) in [5.74, 6) is 3.15. The van der Waals surface area contributed by atoms with E-state index in [1.54, 1.807) is 28.4 Å². The molecule has 164 valence electrons. The smallest absolute Gasteiger partial charge is 0.230 e. The lowest BCUT2D eigenvalue weighted by Gasteiger charge is -2.24. The average molecular weight is 444 g/mol. The molecule has 1 aromatic heterocycles. The molecule has 4 rings (SSSR count). The van der Waals surface area contributed by atoms with Crippen molar-refractivity contribution in [3.05, 3.63) is 47.7 Å². The molecule has 1 aliphatic carbocycles. The van der Waals surface area contributed by atoms with Crippen molar-refractivity contribution >= 4 is 24.0 Å². The predicted molar refractivity (Wildman–Crippen MR) is 123 cm³/mol. The Morgan fingerprint density at radius 2 is 1.52 bits per heavy atom. The van der Waals surface area contributed by atoms with Gasteiger partial charge in [-0.15, -0.1) is 12.4 Å². The summed E-state index contributed by atoms with van der Waals surface area (Å²) in [5, 5.41) is 0. The van der Waals surface area contributed by atoms with Gasteiger partial charge in [0.2, 0.25) is 11.7 Å². The predicted octanol–water partition coefficient (Wildman–Crippen LogP) is 4.47. The van der Waals surface area contributed by atoms with Crippen LogP contribution in [0.5, 0.6) is 23.0 Å². The molecule has 0 spiro atoms. The second kappa shape index (κ2) is 9.31. The highest BCUT2D eigenvalue weighted by atomic mass is 35.5. The maximum atomic E-state index is 5.48. The van der Waals surface area contributed by atoms with Crippen LogP contribution < -0.4 is 23.8 Å². The van der Waals surface area contributed by atoms with Gasteiger partial charge in [0.15, 0.2) is 11.5 Å². The maximum absolute atomic E-state index is 5.48. The zero-order chi connectivity index (χ0) is 21.3. The third kappa shape index (κ3) is 4.05. The highest BCUT2D eigenvalue weighted by molar-refractivity contribution is 5.85. The molecule has 0 amide bonds. The molecular formula is C23H26ClN3O4. The number of anilines is 2. The quantitative estimate of drug-likeness (QED) is 0.557. The van der Waals surface area contributed by atoms with E-state index in [2.05, 4.69) is 17.1 Å². The minimum Gasteiger partial charge on any atom is -0.497 e. The van der Waals surface area contributed by atoms with Crippen LogP contribution in [0.15, 0.2) is 36.5 Å². The number of fused-ring (bicyclic) bond motifs is 3. The average Bonchev–Trinajstić information content (AvgIpc) is 2.81. The van der Waals surface area contributed by atoms with Crippen LogP contribution in [0.3, 0.4) is 0 Å². The highest BCUT2D eigenvalue weighted by Crippen LogP contribution is 2.42. The summed E-state index contributed by atoms with van der Waals surface area (Å²) >= 11 is 0. The lowest BCUT2D eigenvalue weighted by molar-refractivity contribution is 0.324. The standard InChI is InChI=1S/C23H25N3O4.ClH/c1-26(16-11-19(28-3)22(30-5)20(12-16)29-4)23-24-13-15-7-6-14-10-17(27-2)8-9-18(14)21(15)25-23;/h8-13H,6-7H2,1-5H3;1H. The minimum atomic E-state index is 0. The number of aromatic nitrogens is 2. The second-order valence-corrected chi connectivity index (χ2v) is 7.01. The Morgan fingerprint density at radius 3 is 2.13 bits per heavy atom. The molecule has 0 aliphatic heterocycles. The third-order valence-electron chi connectivity index (χ3n) is 5.42. The number of benzene rings is 2. The normalized spacial score (nSPS) is 11.5. The van der Waals surface area contributed by atoms with Gasteiger partial charge >= 0.3 is 0 Å². The van der Waals surface area contributed by atoms with Gasteiger partial charge in [0.05, 0.1) is 39.8 Å². The topological polar surface area (TPSA) is 65.9 Å². The van der Waals surface area contributed by atoms with Gasteiger partial charge in [0.1, 0.15) is 5.75 Å². The van der Waals surface area contributed by atoms with E-state index in [0.29, 0.717) is 23.2 Å². The zero-order valence-electron chi connectivity index (χ0n) is 18.3. The number of methoxy groups -OCH3 is 4. The Hall–Kier alpha value is -3.19. The molecule has 0 saturated carbocycles. The van der Waals surface area contributed by atoms with Gasteiger partial charge in [-0.3, -0.25) is 0 Å². The molecule has 31 heavy (non-hydrogen) atoms. The molecule has 0 N–H and O–H groups in total. The molecule has 0 bridgehead atoms. The monoisotopic (exact) mass is 443 g/mol. The van der Waals surface area contributed by atoms with Crippen LogP contribution in [0.4, 0.5) is 11.6 Å². The molecule has 0 fully saturated rings. The van der Waals surface area contributed by atoms with E-state index >= 15 is 0 Å². The highest BCUT2D eigenvalue weighted by Gasteiger charge is 2.22. The molecule has 8 heteroatoms. The van der Waals surface area contributed by atoms with Crippen molar-refractivity contribution in [2.75, 3.05) is 40.4 Å². The Bertz CT molecular complexity index is 1070. The van der Waals surface area contributed by atoms with Crippen LogP contribution in [0, 0.1) is 0 Å². The number of aryl methyl sites for hydroxylation is 2. The summed E-state index contributed by atoms with van der Waals surface area (Å²) in [5.41, 5.74) is 5.30. The van der Waals surface area contributed by atoms with Crippen molar-refractivity contribution in [3.8, 4) is 34.3 Å². The summed E-state index contributed by atoms with van der Waals surface area (Å²) in [6.45, 7) is 0. The lowest BCUT2D eigenvalue weighted by Crippen LogP contribution is -2.16. The van der Waals surface area contributed by atoms with Gasteiger partial charge in [-0.25, -0.2) is 9.97 Å². The van der Waals surface area contributed by atoms with Crippen molar-refractivity contribution in [2.45, 2.75) is 12.8 Å². The Kier molecular flexibility index (Phi) is 6.75. The van der Waals surface area contributed by atoms with Crippen molar-refractivity contribution in [3.63, 3.8) is 0 Å². The van der Waals surface area contributed by atoms with Crippen LogP contribution in [-0.4, -0.2) is 45.5 Å². The Labute approximate surface area is 188 Å². The van der Waals surface area contributed by atoms with Crippen LogP contribution in [0.25, 0.3) is 11.3 Å². The molecule has 1 heterocycles. The van der Waals surface area contributed by atoms with E-state index in [1.807, 2.05) is 36.3 Å². The van der Waals surface area contributed by atoms with Crippen LogP contribution in [0.1, 0.15) is 11.1 Å². The SMILES string of the molecule is COc1ccc2c(c1)CCc1cnc(N(C)c3cc(OC)c(OC)c(OC)c3)nc1-2.Cl. The summed E-state index contributed by atoms with van der Waals surface area (Å²) in [4.78, 5) is 11.4. The number of hydrogen-bond acceptors (Lipinski definition) is 7. The van der Waals surface area contributed by atoms with Gasteiger partial charge in [0, 0.05) is 30.9 Å². The van der Waals surface area contributed by atoms with E-state index in [4.69, 9.17) is 23.9 Å². The number of rotatable bonds is 6. The van der Waals surface area contributed by atoms with E-state index in [0.717, 1.165) is 41.1 Å². The molecule has 1 aliphatic rings. The van der Waals surface area contributed by atoms with E-state index in [9.17, 15) is 0 Å². The number of halogens is 1. The molecule has 0 radical (unpaired) electrons. The van der Waals surface area contributed by atoms with Crippen molar-refractivity contribution in [1.29, 1.82) is 0 Å². The minimum absolute atomic E-state index is 0. The van der Waals surface area contributed by atoms with E-state index in [-0.39, 0.29) is 12.4 Å². The molecular weight excluding hydrogens is 418 g/mol. The Morgan fingerprint density at radius 1 is 0.839 bits per heavy atom. The van der Waals surface area contributed by atoms with E-state index < -0.39 is 0 Å². The lowest BCUT2D eigenvalue weighted by atomic mass is 9.90. The molecule has 2 aromatic carbocycles. The van der Waals surface area contributed by atoms with Gasteiger partial charge in [-0.05, 0) is 42.2 Å². The summed E-state index contributed by atoms with van der Waals surface area (Å²) in [6.07, 6.45) is 3.77. The fourth-order valence-corrected chi connectivity index (χ4v) is 3.76. The summed E-state index contributed by atoms with van der Waals surface area (Å²) in [6, 6.07) is 9.88. The van der Waals surface area contributed by atoms with Gasteiger partial charge in [-0.2, -0.15) is 0 Å². The summed E-state index contributed by atoms with van der Waals surface area (Å²) in [7, 11) is 8.39. The van der Waals surface area contributed by atoms with Crippen LogP contribution in [0.2, 0.25) is 0 Å². The molecule has 0 saturated heterocycles. The van der Waals surface area contributed by atoms with Crippen molar-refractivity contribution in [1.82, 2.24) is 9.97 Å². The van der Waals surface area contributed by atoms with Crippen molar-refractivity contribution < 1.29 is 18.9 Å². The van der Waals surface area contributed by atoms with Crippen LogP contribution >= 0.6 is 12.4 Å². The maximum Gasteiger partial charge on any atom is 0.230 e. The largest absolute Gasteiger partial charge is 0.497 e. The third-order valence-corrected chi connectivity index (χ3v) is 5.42. The fourth-order valence-electron chi connectivity index (χ4n) is 3.76. The number of hydrogen-bond donors (Lipinski definition) is 0. The van der Waals surface area contributed by atoms with Gasteiger partial charge in [0.25, 0.3) is 0 Å². The van der Waals surface area contributed by atoms with Gasteiger partial charge in [-0.1, -0.05) is 0 Å². The first-order valence-corrected chi connectivity index (χ1v) is 9.66. The number of nitrogens with zero attached hydrogens (tertiary/aromatic N) is 3. The fraction of sp³-hybridized carbons (Fsp3) is 0.304. The molecule has 7 nitrogen and oxygen atoms in total. The van der Waals surface area contributed by atoms with Crippen molar-refractivity contribution in [2.24, 2.45) is 0 Å². The molecule has 0 atom stereocenters. The first-order valence-electron chi connectivity index (χ1n) is 9.66.